The van der Waals surface area contributed by atoms with Crippen LogP contribution in [0.25, 0.3) is 32.7 Å². The molecular formula is C24H16F6O8S2. The van der Waals surface area contributed by atoms with Crippen LogP contribution in [0.4, 0.5) is 26.3 Å². The van der Waals surface area contributed by atoms with E-state index in [2.05, 4.69) is 8.37 Å². The summed E-state index contributed by atoms with van der Waals surface area (Å²) in [5.74, 6) is -1.73. The SMILES string of the molecule is COc1ccc2ccc(OS(=O)(=O)C(F)(F)F)c(-c3c(OS(=O)(=O)C(F)(F)F)ccc4ccc(OC)cc34)c2c1. The molecule has 0 bridgehead atoms. The van der Waals surface area contributed by atoms with Crippen LogP contribution in [0.3, 0.4) is 0 Å². The fraction of sp³-hybridized carbons (Fsp3) is 0.167. The first kappa shape index (κ1) is 29.1. The summed E-state index contributed by atoms with van der Waals surface area (Å²) >= 11 is 0. The van der Waals surface area contributed by atoms with E-state index in [9.17, 15) is 43.2 Å². The molecule has 0 unspecified atom stereocenters. The highest BCUT2D eigenvalue weighted by Gasteiger charge is 2.50. The lowest BCUT2D eigenvalue weighted by molar-refractivity contribution is -0.0505. The van der Waals surface area contributed by atoms with Gasteiger partial charge in [-0.15, -0.1) is 0 Å². The van der Waals surface area contributed by atoms with Crippen molar-refractivity contribution in [2.45, 2.75) is 11.0 Å². The Morgan fingerprint density at radius 2 is 0.875 bits per heavy atom. The minimum Gasteiger partial charge on any atom is -0.497 e. The Labute approximate surface area is 222 Å². The van der Waals surface area contributed by atoms with Crippen LogP contribution in [0.5, 0.6) is 23.0 Å². The molecule has 0 aliphatic carbocycles. The van der Waals surface area contributed by atoms with E-state index in [4.69, 9.17) is 9.47 Å². The molecule has 8 nitrogen and oxygen atoms in total. The van der Waals surface area contributed by atoms with Gasteiger partial charge in [-0.3, -0.25) is 0 Å². The molecule has 0 aliphatic heterocycles. The molecule has 0 radical (unpaired) electrons. The van der Waals surface area contributed by atoms with Gasteiger partial charge < -0.3 is 17.8 Å². The van der Waals surface area contributed by atoms with Crippen LogP contribution in [0, 0.1) is 0 Å². The van der Waals surface area contributed by atoms with Gasteiger partial charge in [0.25, 0.3) is 0 Å². The zero-order chi connectivity index (χ0) is 29.7. The van der Waals surface area contributed by atoms with Gasteiger partial charge in [0.05, 0.1) is 14.2 Å². The molecular weight excluding hydrogens is 594 g/mol. The van der Waals surface area contributed by atoms with E-state index in [1.165, 1.54) is 62.8 Å². The van der Waals surface area contributed by atoms with Crippen molar-refractivity contribution in [1.29, 1.82) is 0 Å². The Bertz CT molecular complexity index is 1700. The number of methoxy groups -OCH3 is 2. The molecule has 214 valence electrons. The normalized spacial score (nSPS) is 12.9. The average Bonchev–Trinajstić information content (AvgIpc) is 2.86. The number of halogens is 6. The first-order valence-corrected chi connectivity index (χ1v) is 13.5. The Morgan fingerprint density at radius 3 is 1.18 bits per heavy atom. The van der Waals surface area contributed by atoms with Crippen molar-refractivity contribution in [1.82, 2.24) is 0 Å². The van der Waals surface area contributed by atoms with E-state index in [1.807, 2.05) is 0 Å². The second kappa shape index (κ2) is 9.92. The maximum Gasteiger partial charge on any atom is 0.534 e. The predicted molar refractivity (Wildman–Crippen MR) is 131 cm³/mol. The fourth-order valence-electron chi connectivity index (χ4n) is 3.80. The second-order valence-corrected chi connectivity index (χ2v) is 11.1. The molecule has 0 amide bonds. The number of rotatable bonds is 7. The first-order valence-electron chi connectivity index (χ1n) is 10.7. The van der Waals surface area contributed by atoms with Crippen molar-refractivity contribution in [2.75, 3.05) is 14.2 Å². The number of hydrogen-bond acceptors (Lipinski definition) is 8. The lowest BCUT2D eigenvalue weighted by atomic mass is 9.92. The van der Waals surface area contributed by atoms with Gasteiger partial charge in [-0.1, -0.05) is 24.3 Å². The third-order valence-corrected chi connectivity index (χ3v) is 7.53. The van der Waals surface area contributed by atoms with Crippen LogP contribution in [-0.2, 0) is 20.2 Å². The minimum atomic E-state index is -6.30. The molecule has 0 aliphatic rings. The van der Waals surface area contributed by atoms with Crippen molar-refractivity contribution in [3.63, 3.8) is 0 Å². The highest BCUT2D eigenvalue weighted by atomic mass is 32.2. The molecule has 40 heavy (non-hydrogen) atoms. The van der Waals surface area contributed by atoms with Crippen LogP contribution in [0.1, 0.15) is 0 Å². The summed E-state index contributed by atoms with van der Waals surface area (Å²) < 4.78 is 147. The van der Waals surface area contributed by atoms with Gasteiger partial charge in [0.1, 0.15) is 11.5 Å². The molecule has 0 atom stereocenters. The van der Waals surface area contributed by atoms with Crippen LogP contribution in [0.2, 0.25) is 0 Å². The lowest BCUT2D eigenvalue weighted by Crippen LogP contribution is -2.28. The largest absolute Gasteiger partial charge is 0.534 e. The summed E-state index contributed by atoms with van der Waals surface area (Å²) in [6, 6.07) is 12.3. The van der Waals surface area contributed by atoms with Crippen molar-refractivity contribution < 1.29 is 61.0 Å². The summed E-state index contributed by atoms with van der Waals surface area (Å²) in [6.45, 7) is 0. The van der Waals surface area contributed by atoms with E-state index in [-0.39, 0.29) is 33.0 Å². The highest BCUT2D eigenvalue weighted by molar-refractivity contribution is 7.88. The Hall–Kier alpha value is -3.92. The van der Waals surface area contributed by atoms with Crippen molar-refractivity contribution in [3.8, 4) is 34.1 Å². The van der Waals surface area contributed by atoms with Gasteiger partial charge >= 0.3 is 31.3 Å². The highest BCUT2D eigenvalue weighted by Crippen LogP contribution is 2.48. The van der Waals surface area contributed by atoms with Crippen molar-refractivity contribution in [2.24, 2.45) is 0 Å². The zero-order valence-electron chi connectivity index (χ0n) is 20.1. The smallest absolute Gasteiger partial charge is 0.497 e. The maximum absolute atomic E-state index is 13.3. The number of fused-ring (bicyclic) bond motifs is 2. The maximum atomic E-state index is 13.3. The first-order chi connectivity index (χ1) is 18.5. The minimum absolute atomic E-state index is 0.0706. The third-order valence-electron chi connectivity index (χ3n) is 5.60. The summed E-state index contributed by atoms with van der Waals surface area (Å²) in [6.07, 6.45) is 0. The van der Waals surface area contributed by atoms with E-state index < -0.39 is 53.9 Å². The van der Waals surface area contributed by atoms with Crippen molar-refractivity contribution in [3.05, 3.63) is 60.7 Å². The van der Waals surface area contributed by atoms with E-state index in [0.29, 0.717) is 0 Å². The van der Waals surface area contributed by atoms with Gasteiger partial charge in [0, 0.05) is 11.1 Å². The summed E-state index contributed by atoms with van der Waals surface area (Å²) in [5, 5.41) is 0.353. The molecule has 0 saturated heterocycles. The quantitative estimate of drug-likeness (QED) is 0.140. The number of benzene rings is 4. The van der Waals surface area contributed by atoms with Gasteiger partial charge in [-0.25, -0.2) is 0 Å². The Morgan fingerprint density at radius 1 is 0.550 bits per heavy atom. The van der Waals surface area contributed by atoms with Crippen LogP contribution in [0.15, 0.2) is 60.7 Å². The average molecular weight is 611 g/mol. The molecule has 0 spiro atoms. The molecule has 0 saturated carbocycles. The summed E-state index contributed by atoms with van der Waals surface area (Å²) in [7, 11) is -10.1. The van der Waals surface area contributed by atoms with Gasteiger partial charge in [0.2, 0.25) is 0 Å². The van der Waals surface area contributed by atoms with Crippen molar-refractivity contribution >= 4 is 41.8 Å². The van der Waals surface area contributed by atoms with E-state index >= 15 is 0 Å². The van der Waals surface area contributed by atoms with Crippen LogP contribution < -0.4 is 17.8 Å². The number of ether oxygens (including phenoxy) is 2. The van der Waals surface area contributed by atoms with Gasteiger partial charge in [-0.2, -0.15) is 43.2 Å². The summed E-state index contributed by atoms with van der Waals surface area (Å²) in [5.41, 5.74) is -12.8. The van der Waals surface area contributed by atoms with Gasteiger partial charge in [0.15, 0.2) is 11.5 Å². The Balaban J connectivity index is 2.21. The second-order valence-electron chi connectivity index (χ2n) is 8.02. The number of hydrogen-bond donors (Lipinski definition) is 0. The predicted octanol–water partition coefficient (Wildman–Crippen LogP) is 6.13. The zero-order valence-corrected chi connectivity index (χ0v) is 21.8. The molecule has 4 rings (SSSR count). The topological polar surface area (TPSA) is 105 Å². The van der Waals surface area contributed by atoms with Crippen LogP contribution >= 0.6 is 0 Å². The molecule has 0 heterocycles. The van der Waals surface area contributed by atoms with E-state index in [1.54, 1.807) is 0 Å². The third kappa shape index (κ3) is 5.28. The molecule has 4 aromatic rings. The fourth-order valence-corrected chi connectivity index (χ4v) is 4.74. The molecule has 4 aromatic carbocycles. The molecule has 16 heteroatoms. The standard InChI is InChI=1S/C24H16F6O8S2/c1-35-15-7-3-13-5-9-19(37-39(31,32)23(25,26)27)21(17(13)11-15)22-18-12-16(36-2)8-4-14(18)6-10-20(22)38-40(33,34)24(28,29)30/h3-12H,1-2H3. The van der Waals surface area contributed by atoms with Crippen LogP contribution in [-0.4, -0.2) is 42.1 Å². The lowest BCUT2D eigenvalue weighted by Gasteiger charge is -2.20. The van der Waals surface area contributed by atoms with E-state index in [0.717, 1.165) is 12.1 Å². The molecule has 0 N–H and O–H groups in total. The van der Waals surface area contributed by atoms with Gasteiger partial charge in [-0.05, 0) is 57.9 Å². The molecule has 0 fully saturated rings. The summed E-state index contributed by atoms with van der Waals surface area (Å²) in [4.78, 5) is 0. The number of alkyl halides is 6. The molecule has 0 aromatic heterocycles. The monoisotopic (exact) mass is 610 g/mol. The Kier molecular flexibility index (Phi) is 7.21.